The summed E-state index contributed by atoms with van der Waals surface area (Å²) in [6.45, 7) is 30.6. The minimum absolute atomic E-state index is 0. The van der Waals surface area contributed by atoms with Crippen molar-refractivity contribution in [1.82, 2.24) is 0 Å². The monoisotopic (exact) mass is 352 g/mol. The zero-order valence-electron chi connectivity index (χ0n) is 18.4. The third-order valence-electron chi connectivity index (χ3n) is 2.34. The predicted octanol–water partition coefficient (Wildman–Crippen LogP) is 6.52. The van der Waals surface area contributed by atoms with Crippen molar-refractivity contribution in [3.05, 3.63) is 10.6 Å². The van der Waals surface area contributed by atoms with Crippen molar-refractivity contribution in [3.63, 3.8) is 0 Å². The summed E-state index contributed by atoms with van der Waals surface area (Å²) < 4.78 is 0. The molecule has 0 saturated heterocycles. The third-order valence-corrected chi connectivity index (χ3v) is 2.34. The van der Waals surface area contributed by atoms with Crippen LogP contribution in [0, 0.1) is 21.7 Å². The summed E-state index contributed by atoms with van der Waals surface area (Å²) in [6, 6.07) is 0. The van der Waals surface area contributed by atoms with Gasteiger partial charge in [0.1, 0.15) is 0 Å². The molecule has 0 amide bonds. The first-order chi connectivity index (χ1) is 9.41. The first kappa shape index (κ1) is 29.0. The van der Waals surface area contributed by atoms with Gasteiger partial charge in [-0.25, -0.2) is 0 Å². The number of nitrogens with zero attached hydrogens (tertiary/aromatic N) is 2. The normalized spacial score (nSPS) is 13.0. The quantitative estimate of drug-likeness (QED) is 0.515. The van der Waals surface area contributed by atoms with E-state index >= 15 is 0 Å². The second-order valence-corrected chi connectivity index (χ2v) is 11.3. The fourth-order valence-electron chi connectivity index (χ4n) is 1.45. The molecule has 0 spiro atoms. The molecule has 0 saturated carbocycles. The molecule has 0 unspecified atom stereocenters. The van der Waals surface area contributed by atoms with Gasteiger partial charge in [0, 0.05) is 0 Å². The Morgan fingerprint density at radius 1 is 0.391 bits per heavy atom. The maximum atomic E-state index is 4.51. The van der Waals surface area contributed by atoms with Crippen LogP contribution in [-0.2, 0) is 0 Å². The Morgan fingerprint density at radius 2 is 0.522 bits per heavy atom. The molecule has 0 atom stereocenters. The summed E-state index contributed by atoms with van der Waals surface area (Å²) in [4.78, 5) is 0. The smallest absolute Gasteiger partial charge is 0.661 e. The molecule has 23 heavy (non-hydrogen) atoms. The van der Waals surface area contributed by atoms with Crippen molar-refractivity contribution in [2.24, 2.45) is 21.7 Å². The first-order valence-corrected chi connectivity index (χ1v) is 8.68. The van der Waals surface area contributed by atoms with Gasteiger partial charge in [-0.2, -0.15) is 0 Å². The summed E-state index contributed by atoms with van der Waals surface area (Å²) in [5.74, 6) is 0. The van der Waals surface area contributed by atoms with Crippen LogP contribution < -0.4 is 0 Å². The van der Waals surface area contributed by atoms with E-state index in [4.69, 9.17) is 0 Å². The van der Waals surface area contributed by atoms with E-state index in [2.05, 4.69) is 93.7 Å². The minimum Gasteiger partial charge on any atom is -0.661 e. The van der Waals surface area contributed by atoms with Crippen LogP contribution in [0.2, 0.25) is 0 Å². The fraction of sp³-hybridized carbons (Fsp3) is 1.00. The average Bonchev–Trinajstić information content (AvgIpc) is 2.08. The summed E-state index contributed by atoms with van der Waals surface area (Å²) in [7, 11) is 0. The molecule has 0 fully saturated rings. The van der Waals surface area contributed by atoms with E-state index in [1.807, 2.05) is 0 Å². The van der Waals surface area contributed by atoms with Gasteiger partial charge in [0.2, 0.25) is 0 Å². The van der Waals surface area contributed by atoms with Crippen LogP contribution in [0.5, 0.6) is 0 Å². The van der Waals surface area contributed by atoms with Crippen LogP contribution in [0.4, 0.5) is 0 Å². The van der Waals surface area contributed by atoms with Crippen molar-refractivity contribution >= 4 is 37.7 Å². The Morgan fingerprint density at radius 3 is 0.609 bits per heavy atom. The molecule has 0 aromatic carbocycles. The van der Waals surface area contributed by atoms with Gasteiger partial charge in [-0.1, -0.05) is 105 Å². The Bertz CT molecular complexity index is 214. The summed E-state index contributed by atoms with van der Waals surface area (Å²) >= 11 is 0. The molecule has 0 aromatic rings. The zero-order chi connectivity index (χ0) is 18.2. The van der Waals surface area contributed by atoms with Gasteiger partial charge in [-0.15, -0.1) is 26.2 Å². The van der Waals surface area contributed by atoms with Gasteiger partial charge >= 0.3 is 37.7 Å². The Hall–Kier alpha value is 1.18. The SMILES string of the molecule is CC(C)(C)C[N-]CC(C)(C)C.CC(C)(C)C[N-]CC(C)(C)C.[Ca+2]. The van der Waals surface area contributed by atoms with E-state index in [0.29, 0.717) is 21.7 Å². The molecular formula is C20H44CaN2. The molecule has 136 valence electrons. The minimum atomic E-state index is 0. The third kappa shape index (κ3) is 35.2. The Balaban J connectivity index is -0.000000333. The Kier molecular flexibility index (Phi) is 14.8. The van der Waals surface area contributed by atoms with Crippen molar-refractivity contribution in [2.75, 3.05) is 26.2 Å². The standard InChI is InChI=1S/2C10H22N.Ca/c2*1-9(2,3)7-11-8-10(4,5)6;/h2*7-8H2,1-6H3;/q2*-1;+2. The number of hydrogen-bond acceptors (Lipinski definition) is 0. The molecule has 2 nitrogen and oxygen atoms in total. The van der Waals surface area contributed by atoms with Crippen LogP contribution in [0.1, 0.15) is 83.1 Å². The molecule has 0 aliphatic heterocycles. The predicted molar refractivity (Wildman–Crippen MR) is 110 cm³/mol. The molecule has 0 bridgehead atoms. The van der Waals surface area contributed by atoms with Crippen LogP contribution in [-0.4, -0.2) is 63.9 Å². The largest absolute Gasteiger partial charge is 2.00 e. The van der Waals surface area contributed by atoms with Gasteiger partial charge in [0.15, 0.2) is 0 Å². The van der Waals surface area contributed by atoms with Gasteiger partial charge in [-0.3, -0.25) is 0 Å². The number of rotatable bonds is 4. The molecule has 0 aliphatic carbocycles. The van der Waals surface area contributed by atoms with E-state index in [0.717, 1.165) is 26.2 Å². The van der Waals surface area contributed by atoms with E-state index in [1.165, 1.54) is 0 Å². The Labute approximate surface area is 178 Å². The fourth-order valence-corrected chi connectivity index (χ4v) is 1.45. The van der Waals surface area contributed by atoms with Crippen molar-refractivity contribution in [1.29, 1.82) is 0 Å². The molecule has 0 radical (unpaired) electrons. The second-order valence-electron chi connectivity index (χ2n) is 11.3. The molecule has 0 aliphatic rings. The molecule has 0 N–H and O–H groups in total. The van der Waals surface area contributed by atoms with Crippen molar-refractivity contribution in [2.45, 2.75) is 83.1 Å². The van der Waals surface area contributed by atoms with E-state index in [9.17, 15) is 0 Å². The molecule has 3 heteroatoms. The maximum absolute atomic E-state index is 4.51. The van der Waals surface area contributed by atoms with Gasteiger partial charge in [0.05, 0.1) is 0 Å². The average molecular weight is 353 g/mol. The van der Waals surface area contributed by atoms with E-state index < -0.39 is 0 Å². The maximum Gasteiger partial charge on any atom is 2.00 e. The van der Waals surface area contributed by atoms with Crippen LogP contribution in [0.25, 0.3) is 10.6 Å². The van der Waals surface area contributed by atoms with E-state index in [1.54, 1.807) is 0 Å². The topological polar surface area (TPSA) is 28.2 Å². The van der Waals surface area contributed by atoms with Crippen molar-refractivity contribution < 1.29 is 0 Å². The van der Waals surface area contributed by atoms with Gasteiger partial charge in [0.25, 0.3) is 0 Å². The second kappa shape index (κ2) is 11.7. The summed E-state index contributed by atoms with van der Waals surface area (Å²) in [5.41, 5.74) is 1.41. The van der Waals surface area contributed by atoms with E-state index in [-0.39, 0.29) is 37.7 Å². The summed E-state index contributed by atoms with van der Waals surface area (Å²) in [6.07, 6.45) is 0. The van der Waals surface area contributed by atoms with Crippen LogP contribution >= 0.6 is 0 Å². The summed E-state index contributed by atoms with van der Waals surface area (Å²) in [5, 5.41) is 9.03. The zero-order valence-corrected chi connectivity index (χ0v) is 20.6. The molecule has 0 rings (SSSR count). The molecular weight excluding hydrogens is 308 g/mol. The van der Waals surface area contributed by atoms with Crippen LogP contribution in [0.15, 0.2) is 0 Å². The van der Waals surface area contributed by atoms with Gasteiger partial charge in [-0.05, 0) is 0 Å². The molecule has 0 heterocycles. The van der Waals surface area contributed by atoms with Crippen molar-refractivity contribution in [3.8, 4) is 0 Å². The molecule has 0 aromatic heterocycles. The van der Waals surface area contributed by atoms with Gasteiger partial charge < -0.3 is 10.6 Å². The van der Waals surface area contributed by atoms with Crippen LogP contribution in [0.3, 0.4) is 0 Å². The first-order valence-electron chi connectivity index (χ1n) is 8.68. The number of hydrogen-bond donors (Lipinski definition) is 0.